The Morgan fingerprint density at radius 3 is 2.56 bits per heavy atom. The lowest BCUT2D eigenvalue weighted by atomic mass is 9.46. The molecule has 0 aromatic carbocycles. The molecule has 0 bridgehead atoms. The molecule has 0 aromatic rings. The standard InChI is InChI=1S/C21H18N2O2/c1-6-21-8-7-16-19(2,3)18(25)14(23-5)11-20(16,4)17(21)9-15(24)13(10-21)12-22/h1,9-11,16H,7-8H2,2-4H3/t16?,20-,21-/m1/s1. The lowest BCUT2D eigenvalue weighted by Crippen LogP contribution is -2.53. The number of fused-ring (bicyclic) bond motifs is 3. The predicted molar refractivity (Wildman–Crippen MR) is 92.4 cm³/mol. The van der Waals surface area contributed by atoms with Crippen molar-refractivity contribution >= 4 is 11.6 Å². The molecule has 4 nitrogen and oxygen atoms in total. The van der Waals surface area contributed by atoms with Gasteiger partial charge in [-0.05, 0) is 36.5 Å². The van der Waals surface area contributed by atoms with E-state index in [1.54, 1.807) is 12.2 Å². The highest BCUT2D eigenvalue weighted by molar-refractivity contribution is 6.09. The Kier molecular flexibility index (Phi) is 3.42. The van der Waals surface area contributed by atoms with Gasteiger partial charge in [-0.15, -0.1) is 6.42 Å². The van der Waals surface area contributed by atoms with Crippen LogP contribution < -0.4 is 0 Å². The molecule has 124 valence electrons. The second kappa shape index (κ2) is 5.05. The third kappa shape index (κ3) is 2.00. The van der Waals surface area contributed by atoms with Crippen LogP contribution in [0, 0.1) is 52.4 Å². The summed E-state index contributed by atoms with van der Waals surface area (Å²) < 4.78 is 0. The molecule has 3 rings (SSSR count). The number of allylic oxidation sites excluding steroid dienone is 6. The summed E-state index contributed by atoms with van der Waals surface area (Å²) in [5.41, 5.74) is -1.32. The maximum absolute atomic E-state index is 12.7. The first-order valence-electron chi connectivity index (χ1n) is 8.19. The summed E-state index contributed by atoms with van der Waals surface area (Å²) in [6.07, 6.45) is 11.9. The minimum atomic E-state index is -0.815. The molecule has 0 saturated heterocycles. The number of nitrogens with zero attached hydrogens (tertiary/aromatic N) is 2. The van der Waals surface area contributed by atoms with Crippen LogP contribution in [-0.4, -0.2) is 11.6 Å². The summed E-state index contributed by atoms with van der Waals surface area (Å²) in [6.45, 7) is 13.1. The number of ketones is 2. The van der Waals surface area contributed by atoms with E-state index >= 15 is 0 Å². The first kappa shape index (κ1) is 16.9. The van der Waals surface area contributed by atoms with E-state index in [9.17, 15) is 14.9 Å². The van der Waals surface area contributed by atoms with Crippen LogP contribution in [0.25, 0.3) is 4.85 Å². The summed E-state index contributed by atoms with van der Waals surface area (Å²) in [4.78, 5) is 28.5. The quantitative estimate of drug-likeness (QED) is 0.505. The van der Waals surface area contributed by atoms with E-state index in [1.165, 1.54) is 6.08 Å². The molecule has 0 N–H and O–H groups in total. The second-order valence-corrected chi connectivity index (χ2v) is 7.77. The number of hydrogen-bond acceptors (Lipinski definition) is 3. The molecule has 0 aromatic heterocycles. The lowest BCUT2D eigenvalue weighted by Gasteiger charge is -2.56. The van der Waals surface area contributed by atoms with Crippen molar-refractivity contribution in [2.45, 2.75) is 33.6 Å². The Hall–Kier alpha value is -2.90. The van der Waals surface area contributed by atoms with Crippen molar-refractivity contribution in [1.82, 2.24) is 0 Å². The van der Waals surface area contributed by atoms with Gasteiger partial charge in [0.1, 0.15) is 6.07 Å². The zero-order valence-electron chi connectivity index (χ0n) is 14.5. The average molecular weight is 330 g/mol. The molecule has 3 aliphatic rings. The van der Waals surface area contributed by atoms with Crippen molar-refractivity contribution < 1.29 is 9.59 Å². The van der Waals surface area contributed by atoms with Crippen molar-refractivity contribution in [1.29, 1.82) is 5.26 Å². The number of carbonyl (C=O) groups excluding carboxylic acids is 2. The van der Waals surface area contributed by atoms with Crippen LogP contribution in [0.1, 0.15) is 33.6 Å². The predicted octanol–water partition coefficient (Wildman–Crippen LogP) is 3.39. The third-order valence-electron chi connectivity index (χ3n) is 6.17. The largest absolute Gasteiger partial charge is 0.307 e. The molecular formula is C21H18N2O2. The van der Waals surface area contributed by atoms with E-state index in [-0.39, 0.29) is 28.8 Å². The highest BCUT2D eigenvalue weighted by Gasteiger charge is 2.59. The van der Waals surface area contributed by atoms with Crippen LogP contribution in [0.2, 0.25) is 0 Å². The summed E-state index contributed by atoms with van der Waals surface area (Å²) in [7, 11) is 0. The highest BCUT2D eigenvalue weighted by Crippen LogP contribution is 2.63. The lowest BCUT2D eigenvalue weighted by molar-refractivity contribution is -0.130. The molecule has 3 atom stereocenters. The number of terminal acetylenes is 1. The van der Waals surface area contributed by atoms with Crippen molar-refractivity contribution in [2.24, 2.45) is 22.2 Å². The van der Waals surface area contributed by atoms with E-state index in [0.717, 1.165) is 5.57 Å². The summed E-state index contributed by atoms with van der Waals surface area (Å²) in [5, 5.41) is 9.22. The van der Waals surface area contributed by atoms with Gasteiger partial charge in [0.2, 0.25) is 5.70 Å². The molecule has 1 fully saturated rings. The smallest absolute Gasteiger partial charge is 0.226 e. The fraction of sp³-hybridized carbons (Fsp3) is 0.429. The first-order chi connectivity index (χ1) is 11.7. The van der Waals surface area contributed by atoms with Gasteiger partial charge in [0.25, 0.3) is 0 Å². The number of hydrogen-bond donors (Lipinski definition) is 0. The Morgan fingerprint density at radius 1 is 1.32 bits per heavy atom. The van der Waals surface area contributed by atoms with Crippen LogP contribution in [0.3, 0.4) is 0 Å². The summed E-state index contributed by atoms with van der Waals surface area (Å²) >= 11 is 0. The molecule has 0 aliphatic heterocycles. The third-order valence-corrected chi connectivity index (χ3v) is 6.17. The van der Waals surface area contributed by atoms with Gasteiger partial charge < -0.3 is 4.79 Å². The molecule has 0 heterocycles. The number of nitriles is 1. The zero-order chi connectivity index (χ0) is 18.6. The zero-order valence-corrected chi connectivity index (χ0v) is 14.5. The average Bonchev–Trinajstić information content (AvgIpc) is 2.58. The van der Waals surface area contributed by atoms with Crippen molar-refractivity contribution in [3.05, 3.63) is 46.5 Å². The van der Waals surface area contributed by atoms with E-state index < -0.39 is 16.2 Å². The van der Waals surface area contributed by atoms with Gasteiger partial charge in [0, 0.05) is 10.8 Å². The minimum absolute atomic E-state index is 0.0595. The van der Waals surface area contributed by atoms with Crippen LogP contribution >= 0.6 is 0 Å². The number of Topliss-reactive ketones (excluding diaryl/α,β-unsaturated/α-hetero) is 1. The van der Waals surface area contributed by atoms with Crippen LogP contribution in [-0.2, 0) is 9.59 Å². The molecule has 0 spiro atoms. The van der Waals surface area contributed by atoms with Crippen LogP contribution in [0.5, 0.6) is 0 Å². The molecule has 4 heteroatoms. The highest BCUT2D eigenvalue weighted by atomic mass is 16.1. The van der Waals surface area contributed by atoms with Gasteiger partial charge in [-0.2, -0.15) is 5.26 Å². The molecular weight excluding hydrogens is 312 g/mol. The Labute approximate surface area is 147 Å². The molecule has 3 aliphatic carbocycles. The normalized spacial score (nSPS) is 35.7. The van der Waals surface area contributed by atoms with Crippen molar-refractivity contribution in [3.8, 4) is 18.4 Å². The van der Waals surface area contributed by atoms with Gasteiger partial charge in [0.05, 0.1) is 17.6 Å². The Balaban J connectivity index is 2.31. The summed E-state index contributed by atoms with van der Waals surface area (Å²) in [6, 6.07) is 1.93. The fourth-order valence-electron chi connectivity index (χ4n) is 4.92. The van der Waals surface area contributed by atoms with Gasteiger partial charge in [-0.3, -0.25) is 4.79 Å². The maximum Gasteiger partial charge on any atom is 0.226 e. The second-order valence-electron chi connectivity index (χ2n) is 7.77. The van der Waals surface area contributed by atoms with E-state index in [1.807, 2.05) is 26.8 Å². The SMILES string of the molecule is [C-]#[N+]C1=C[C@@]2(C)C3=CC(=O)C(C#N)=C[C@@]3(C#C)CCC2C(C)(C)C1=O. The molecule has 1 saturated carbocycles. The molecule has 1 unspecified atom stereocenters. The Bertz CT molecular complexity index is 926. The monoisotopic (exact) mass is 330 g/mol. The number of rotatable bonds is 0. The molecule has 0 amide bonds. The minimum Gasteiger partial charge on any atom is -0.307 e. The van der Waals surface area contributed by atoms with Crippen molar-refractivity contribution in [2.75, 3.05) is 0 Å². The molecule has 25 heavy (non-hydrogen) atoms. The maximum atomic E-state index is 12.7. The number of carbonyl (C=O) groups is 2. The Morgan fingerprint density at radius 2 is 2.00 bits per heavy atom. The topological polar surface area (TPSA) is 62.3 Å². The van der Waals surface area contributed by atoms with Gasteiger partial charge in [-0.1, -0.05) is 32.8 Å². The molecule has 0 radical (unpaired) electrons. The van der Waals surface area contributed by atoms with Crippen molar-refractivity contribution in [3.63, 3.8) is 0 Å². The van der Waals surface area contributed by atoms with Gasteiger partial charge >= 0.3 is 0 Å². The fourth-order valence-corrected chi connectivity index (χ4v) is 4.92. The van der Waals surface area contributed by atoms with E-state index in [4.69, 9.17) is 13.0 Å². The van der Waals surface area contributed by atoms with Crippen LogP contribution in [0.15, 0.2) is 35.1 Å². The first-order valence-corrected chi connectivity index (χ1v) is 8.19. The van der Waals surface area contributed by atoms with E-state index in [0.29, 0.717) is 12.8 Å². The van der Waals surface area contributed by atoms with Gasteiger partial charge in [-0.25, -0.2) is 4.85 Å². The summed E-state index contributed by atoms with van der Waals surface area (Å²) in [5.74, 6) is 2.21. The van der Waals surface area contributed by atoms with Crippen LogP contribution in [0.4, 0.5) is 0 Å². The van der Waals surface area contributed by atoms with E-state index in [2.05, 4.69) is 10.8 Å². The van der Waals surface area contributed by atoms with Gasteiger partial charge in [0.15, 0.2) is 11.6 Å².